The minimum Gasteiger partial charge on any atom is -0.423 e. The number of carbonyl (C=O) groups excluding carboxylic acids is 1. The van der Waals surface area contributed by atoms with E-state index in [1.807, 2.05) is 0 Å². The Bertz CT molecular complexity index is 307. The molecule has 0 spiro atoms. The lowest BCUT2D eigenvalue weighted by Crippen LogP contribution is -2.08. The van der Waals surface area contributed by atoms with Gasteiger partial charge in [-0.2, -0.15) is 0 Å². The number of hydrogen-bond acceptors (Lipinski definition) is 3. The Kier molecular flexibility index (Phi) is 3.68. The largest absolute Gasteiger partial charge is 0.423 e. The van der Waals surface area contributed by atoms with Crippen LogP contribution in [0.4, 0.5) is 14.5 Å². The highest BCUT2D eigenvalue weighted by Gasteiger charge is 2.17. The van der Waals surface area contributed by atoms with Crippen molar-refractivity contribution in [3.63, 3.8) is 0 Å². The molecule has 0 aliphatic heterocycles. The van der Waals surface area contributed by atoms with Crippen LogP contribution in [0.3, 0.4) is 0 Å². The number of halogens is 3. The van der Waals surface area contributed by atoms with E-state index in [-0.39, 0.29) is 15.6 Å². The summed E-state index contributed by atoms with van der Waals surface area (Å²) in [5.41, 5.74) is 0.105. The third kappa shape index (κ3) is 2.41. The molecule has 69 valence electrons. The lowest BCUT2D eigenvalue weighted by Gasteiger charge is -2.03. The van der Waals surface area contributed by atoms with Crippen molar-refractivity contribution in [3.05, 3.63) is 15.3 Å². The highest BCUT2D eigenvalue weighted by Crippen LogP contribution is 2.38. The maximum Gasteiger partial charge on any atom is 0.326 e. The molecule has 1 radical (unpaired) electrons. The second-order valence-corrected chi connectivity index (χ2v) is 3.39. The molecule has 0 unspecified atom stereocenters. The molecule has 13 heavy (non-hydrogen) atoms. The van der Waals surface area contributed by atoms with E-state index in [2.05, 4.69) is 5.23 Å². The zero-order chi connectivity index (χ0) is 9.84. The predicted octanol–water partition coefficient (Wildman–Crippen LogP) is 2.56. The highest BCUT2D eigenvalue weighted by atomic mass is 35.5. The van der Waals surface area contributed by atoms with E-state index in [9.17, 15) is 13.6 Å². The van der Waals surface area contributed by atoms with E-state index in [1.165, 1.54) is 5.38 Å². The molecule has 1 aromatic heterocycles. The van der Waals surface area contributed by atoms with Crippen LogP contribution >= 0.6 is 22.9 Å². The highest BCUT2D eigenvalue weighted by molar-refractivity contribution is 7.11. The molecule has 0 aromatic carbocycles. The molecule has 0 fully saturated rings. The van der Waals surface area contributed by atoms with Gasteiger partial charge in [0.05, 0.1) is 15.6 Å². The summed E-state index contributed by atoms with van der Waals surface area (Å²) in [6.07, 6.45) is -2.12. The van der Waals surface area contributed by atoms with E-state index < -0.39 is 6.43 Å². The minimum atomic E-state index is -2.58. The van der Waals surface area contributed by atoms with Crippen molar-refractivity contribution in [2.24, 2.45) is 0 Å². The molecule has 1 rings (SSSR count). The van der Waals surface area contributed by atoms with Gasteiger partial charge in [0.2, 0.25) is 0 Å². The van der Waals surface area contributed by atoms with Crippen molar-refractivity contribution in [1.82, 2.24) is 0 Å². The molecule has 0 aliphatic carbocycles. The standard InChI is InChI=1S/C6H4BClF2NOS/c8-3-1-13-5(6(9)10)4(3)11-7-2-12/h1-2,6,11H. The summed E-state index contributed by atoms with van der Waals surface area (Å²) < 4.78 is 24.6. The monoisotopic (exact) mass is 222 g/mol. The van der Waals surface area contributed by atoms with Crippen LogP contribution in [0.15, 0.2) is 5.38 Å². The molecule has 0 saturated heterocycles. The van der Waals surface area contributed by atoms with E-state index in [4.69, 9.17) is 11.6 Å². The summed E-state index contributed by atoms with van der Waals surface area (Å²) in [6.45, 7) is 0. The fourth-order valence-corrected chi connectivity index (χ4v) is 1.85. The SMILES string of the molecule is O=C[B]Nc1c(Cl)csc1C(F)F. The summed E-state index contributed by atoms with van der Waals surface area (Å²) in [5, 5.41) is 3.98. The molecule has 1 N–H and O–H groups in total. The van der Waals surface area contributed by atoms with E-state index in [0.717, 1.165) is 18.8 Å². The Hall–Kier alpha value is -0.615. The van der Waals surface area contributed by atoms with Gasteiger partial charge in [0.25, 0.3) is 6.43 Å². The quantitative estimate of drug-likeness (QED) is 0.626. The Morgan fingerprint density at radius 3 is 2.92 bits per heavy atom. The Morgan fingerprint density at radius 1 is 1.69 bits per heavy atom. The maximum atomic E-state index is 12.3. The van der Waals surface area contributed by atoms with E-state index in [1.54, 1.807) is 0 Å². The van der Waals surface area contributed by atoms with Crippen molar-refractivity contribution >= 4 is 42.2 Å². The number of rotatable bonds is 4. The van der Waals surface area contributed by atoms with Crippen molar-refractivity contribution in [3.8, 4) is 0 Å². The van der Waals surface area contributed by atoms with Crippen LogP contribution in [0, 0.1) is 0 Å². The lowest BCUT2D eigenvalue weighted by atomic mass is 9.98. The van der Waals surface area contributed by atoms with Crippen LogP contribution in [-0.2, 0) is 4.79 Å². The Balaban J connectivity index is 2.87. The van der Waals surface area contributed by atoms with Crippen LogP contribution in [0.1, 0.15) is 11.3 Å². The summed E-state index contributed by atoms with van der Waals surface area (Å²) in [4.78, 5) is 9.78. The zero-order valence-electron chi connectivity index (χ0n) is 6.26. The second-order valence-electron chi connectivity index (χ2n) is 2.07. The van der Waals surface area contributed by atoms with Gasteiger partial charge < -0.3 is 10.0 Å². The van der Waals surface area contributed by atoms with Crippen LogP contribution in [0.2, 0.25) is 5.02 Å². The molecule has 0 amide bonds. The smallest absolute Gasteiger partial charge is 0.326 e. The normalized spacial score (nSPS) is 10.2. The number of thiophene rings is 1. The van der Waals surface area contributed by atoms with Gasteiger partial charge >= 0.3 is 7.41 Å². The second kappa shape index (κ2) is 4.57. The maximum absolute atomic E-state index is 12.3. The first kappa shape index (κ1) is 10.5. The summed E-state index contributed by atoms with van der Waals surface area (Å²) in [7, 11) is 1.01. The van der Waals surface area contributed by atoms with Gasteiger partial charge in [-0.15, -0.1) is 11.3 Å². The first-order chi connectivity index (χ1) is 6.16. The fourth-order valence-electron chi connectivity index (χ4n) is 0.769. The number of hydrogen-bond donors (Lipinski definition) is 1. The topological polar surface area (TPSA) is 29.1 Å². The van der Waals surface area contributed by atoms with Crippen molar-refractivity contribution in [2.75, 3.05) is 5.23 Å². The Labute approximate surface area is 83.2 Å². The predicted molar refractivity (Wildman–Crippen MR) is 50.4 cm³/mol. The van der Waals surface area contributed by atoms with Crippen LogP contribution in [-0.4, -0.2) is 13.6 Å². The van der Waals surface area contributed by atoms with Crippen LogP contribution in [0.25, 0.3) is 0 Å². The average molecular weight is 222 g/mol. The molecule has 0 bridgehead atoms. The molecule has 2 nitrogen and oxygen atoms in total. The lowest BCUT2D eigenvalue weighted by molar-refractivity contribution is 0.156. The van der Waals surface area contributed by atoms with Gasteiger partial charge in [-0.05, 0) is 0 Å². The zero-order valence-corrected chi connectivity index (χ0v) is 7.83. The third-order valence-electron chi connectivity index (χ3n) is 1.27. The summed E-state index contributed by atoms with van der Waals surface area (Å²) >= 11 is 6.46. The van der Waals surface area contributed by atoms with Crippen LogP contribution < -0.4 is 5.23 Å². The number of alkyl halides is 2. The number of anilines is 1. The molecular weight excluding hydrogens is 218 g/mol. The fraction of sp³-hybridized carbons (Fsp3) is 0.167. The molecule has 0 atom stereocenters. The van der Waals surface area contributed by atoms with Crippen molar-refractivity contribution < 1.29 is 13.6 Å². The van der Waals surface area contributed by atoms with Gasteiger partial charge in [0.15, 0.2) is 0 Å². The van der Waals surface area contributed by atoms with Gasteiger partial charge in [0, 0.05) is 5.38 Å². The first-order valence-corrected chi connectivity index (χ1v) is 4.51. The van der Waals surface area contributed by atoms with Gasteiger partial charge in [-0.1, -0.05) is 11.6 Å². The van der Waals surface area contributed by atoms with Crippen LogP contribution in [0.5, 0.6) is 0 Å². The first-order valence-electron chi connectivity index (χ1n) is 3.25. The minimum absolute atomic E-state index is 0.105. The molecule has 0 aliphatic rings. The Morgan fingerprint density at radius 2 is 2.38 bits per heavy atom. The average Bonchev–Trinajstić information content (AvgIpc) is 2.43. The number of carbonyl (C=O) groups is 1. The molecule has 1 heterocycles. The van der Waals surface area contributed by atoms with Gasteiger partial charge in [0.1, 0.15) is 6.19 Å². The van der Waals surface area contributed by atoms with Crippen molar-refractivity contribution in [1.29, 1.82) is 0 Å². The summed E-state index contributed by atoms with van der Waals surface area (Å²) in [5.74, 6) is 0. The number of nitrogens with one attached hydrogen (secondary N) is 1. The van der Waals surface area contributed by atoms with E-state index >= 15 is 0 Å². The van der Waals surface area contributed by atoms with Gasteiger partial charge in [-0.25, -0.2) is 8.78 Å². The molecule has 1 aromatic rings. The molecule has 7 heteroatoms. The summed E-state index contributed by atoms with van der Waals surface area (Å²) in [6, 6.07) is 0. The molecular formula is C6H4BClF2NOS. The van der Waals surface area contributed by atoms with E-state index in [0.29, 0.717) is 6.19 Å². The molecule has 0 saturated carbocycles. The van der Waals surface area contributed by atoms with Crippen molar-refractivity contribution in [2.45, 2.75) is 6.43 Å². The van der Waals surface area contributed by atoms with Gasteiger partial charge in [-0.3, -0.25) is 0 Å². The third-order valence-corrected chi connectivity index (χ3v) is 2.69.